The standard InChI is InChI=1S/C16H16N2/c1-2-13-8-9-16-15(10-13)11-17-18(16)12-14-6-4-3-5-7-14/h3-11H,2,12H2,1H3. The first-order valence-corrected chi connectivity index (χ1v) is 6.35. The molecule has 0 unspecified atom stereocenters. The summed E-state index contributed by atoms with van der Waals surface area (Å²) in [7, 11) is 0. The number of hydrogen-bond acceptors (Lipinski definition) is 1. The summed E-state index contributed by atoms with van der Waals surface area (Å²) in [4.78, 5) is 0. The molecule has 3 rings (SSSR count). The smallest absolute Gasteiger partial charge is 0.0686 e. The summed E-state index contributed by atoms with van der Waals surface area (Å²) in [5.41, 5.74) is 3.85. The van der Waals surface area contributed by atoms with Gasteiger partial charge in [0, 0.05) is 5.39 Å². The van der Waals surface area contributed by atoms with Gasteiger partial charge in [-0.3, -0.25) is 4.68 Å². The van der Waals surface area contributed by atoms with E-state index in [0.717, 1.165) is 13.0 Å². The maximum atomic E-state index is 4.48. The number of aromatic nitrogens is 2. The van der Waals surface area contributed by atoms with Crippen molar-refractivity contribution in [3.05, 3.63) is 65.9 Å². The minimum absolute atomic E-state index is 0.829. The van der Waals surface area contributed by atoms with Gasteiger partial charge in [0.15, 0.2) is 0 Å². The van der Waals surface area contributed by atoms with Crippen molar-refractivity contribution in [2.45, 2.75) is 19.9 Å². The lowest BCUT2D eigenvalue weighted by Gasteiger charge is -2.04. The Bertz CT molecular complexity index is 653. The molecular formula is C16H16N2. The molecule has 18 heavy (non-hydrogen) atoms. The predicted molar refractivity (Wildman–Crippen MR) is 74.7 cm³/mol. The maximum Gasteiger partial charge on any atom is 0.0686 e. The first-order chi connectivity index (χ1) is 8.86. The van der Waals surface area contributed by atoms with Crippen molar-refractivity contribution < 1.29 is 0 Å². The van der Waals surface area contributed by atoms with Crippen LogP contribution >= 0.6 is 0 Å². The van der Waals surface area contributed by atoms with Gasteiger partial charge in [0.1, 0.15) is 0 Å². The fourth-order valence-electron chi connectivity index (χ4n) is 2.24. The molecule has 0 saturated heterocycles. The van der Waals surface area contributed by atoms with Crippen LogP contribution in [0.5, 0.6) is 0 Å². The van der Waals surface area contributed by atoms with Crippen LogP contribution in [0.3, 0.4) is 0 Å². The summed E-state index contributed by atoms with van der Waals surface area (Å²) < 4.78 is 2.06. The molecule has 90 valence electrons. The quantitative estimate of drug-likeness (QED) is 0.678. The Balaban J connectivity index is 1.98. The number of rotatable bonds is 3. The molecule has 0 spiro atoms. The van der Waals surface area contributed by atoms with Crippen LogP contribution < -0.4 is 0 Å². The average molecular weight is 236 g/mol. The third-order valence-electron chi connectivity index (χ3n) is 3.29. The second-order valence-electron chi connectivity index (χ2n) is 4.53. The van der Waals surface area contributed by atoms with E-state index in [-0.39, 0.29) is 0 Å². The number of nitrogens with zero attached hydrogens (tertiary/aromatic N) is 2. The maximum absolute atomic E-state index is 4.48. The zero-order valence-electron chi connectivity index (χ0n) is 10.5. The van der Waals surface area contributed by atoms with E-state index in [0.29, 0.717) is 0 Å². The summed E-state index contributed by atoms with van der Waals surface area (Å²) in [5.74, 6) is 0. The lowest BCUT2D eigenvalue weighted by Crippen LogP contribution is -2.00. The largest absolute Gasteiger partial charge is 0.260 e. The van der Waals surface area contributed by atoms with Gasteiger partial charge in [-0.1, -0.05) is 43.3 Å². The van der Waals surface area contributed by atoms with Crippen LogP contribution in [0.15, 0.2) is 54.7 Å². The Morgan fingerprint density at radius 3 is 2.61 bits per heavy atom. The van der Waals surface area contributed by atoms with Crippen LogP contribution in [0.25, 0.3) is 10.9 Å². The van der Waals surface area contributed by atoms with E-state index in [1.165, 1.54) is 22.0 Å². The van der Waals surface area contributed by atoms with Crippen molar-refractivity contribution in [2.24, 2.45) is 0 Å². The van der Waals surface area contributed by atoms with Crippen molar-refractivity contribution >= 4 is 10.9 Å². The SMILES string of the molecule is CCc1ccc2c(cnn2Cc2ccccc2)c1. The first kappa shape index (κ1) is 11.0. The fourth-order valence-corrected chi connectivity index (χ4v) is 2.24. The third kappa shape index (κ3) is 2.02. The monoisotopic (exact) mass is 236 g/mol. The molecular weight excluding hydrogens is 220 g/mol. The minimum atomic E-state index is 0.829. The van der Waals surface area contributed by atoms with Gasteiger partial charge >= 0.3 is 0 Å². The minimum Gasteiger partial charge on any atom is -0.260 e. The molecule has 2 nitrogen and oxygen atoms in total. The summed E-state index contributed by atoms with van der Waals surface area (Å²) in [5, 5.41) is 5.71. The molecule has 0 saturated carbocycles. The zero-order chi connectivity index (χ0) is 12.4. The molecule has 1 heterocycles. The lowest BCUT2D eigenvalue weighted by molar-refractivity contribution is 0.712. The van der Waals surface area contributed by atoms with Crippen molar-refractivity contribution in [1.29, 1.82) is 0 Å². The highest BCUT2D eigenvalue weighted by Gasteiger charge is 2.03. The predicted octanol–water partition coefficient (Wildman–Crippen LogP) is 3.65. The van der Waals surface area contributed by atoms with Crippen molar-refractivity contribution in [3.63, 3.8) is 0 Å². The van der Waals surface area contributed by atoms with Gasteiger partial charge in [0.2, 0.25) is 0 Å². The van der Waals surface area contributed by atoms with Crippen LogP contribution in [-0.4, -0.2) is 9.78 Å². The van der Waals surface area contributed by atoms with Gasteiger partial charge in [-0.2, -0.15) is 5.10 Å². The lowest BCUT2D eigenvalue weighted by atomic mass is 10.1. The number of benzene rings is 2. The average Bonchev–Trinajstić information content (AvgIpc) is 2.82. The molecule has 0 N–H and O–H groups in total. The molecule has 2 heteroatoms. The molecule has 0 bridgehead atoms. The summed E-state index contributed by atoms with van der Waals surface area (Å²) in [6.07, 6.45) is 3.03. The highest BCUT2D eigenvalue weighted by molar-refractivity contribution is 5.79. The van der Waals surface area contributed by atoms with Crippen LogP contribution in [0, 0.1) is 0 Å². The van der Waals surface area contributed by atoms with E-state index < -0.39 is 0 Å². The highest BCUT2D eigenvalue weighted by Crippen LogP contribution is 2.17. The third-order valence-corrected chi connectivity index (χ3v) is 3.29. The number of fused-ring (bicyclic) bond motifs is 1. The van der Waals surface area contributed by atoms with Crippen LogP contribution in [-0.2, 0) is 13.0 Å². The summed E-state index contributed by atoms with van der Waals surface area (Å²) >= 11 is 0. The van der Waals surface area contributed by atoms with Gasteiger partial charge < -0.3 is 0 Å². The molecule has 2 aromatic carbocycles. The molecule has 0 atom stereocenters. The molecule has 3 aromatic rings. The van der Waals surface area contributed by atoms with Crippen molar-refractivity contribution in [1.82, 2.24) is 9.78 Å². The van der Waals surface area contributed by atoms with Gasteiger partial charge in [-0.05, 0) is 29.7 Å². The topological polar surface area (TPSA) is 17.8 Å². The molecule has 0 aliphatic carbocycles. The van der Waals surface area contributed by atoms with Gasteiger partial charge in [0.25, 0.3) is 0 Å². The zero-order valence-corrected chi connectivity index (χ0v) is 10.5. The summed E-state index contributed by atoms with van der Waals surface area (Å²) in [6.45, 7) is 3.01. The number of hydrogen-bond donors (Lipinski definition) is 0. The van der Waals surface area contributed by atoms with Crippen molar-refractivity contribution in [3.8, 4) is 0 Å². The molecule has 0 aliphatic heterocycles. The molecule has 0 fully saturated rings. The van der Waals surface area contributed by atoms with Gasteiger partial charge in [0.05, 0.1) is 18.3 Å². The second-order valence-corrected chi connectivity index (χ2v) is 4.53. The highest BCUT2D eigenvalue weighted by atomic mass is 15.3. The molecule has 0 amide bonds. The van der Waals surface area contributed by atoms with E-state index in [1.807, 2.05) is 12.3 Å². The van der Waals surface area contributed by atoms with E-state index in [2.05, 4.69) is 59.2 Å². The Labute approximate surface area is 107 Å². The summed E-state index contributed by atoms with van der Waals surface area (Å²) in [6, 6.07) is 17.0. The van der Waals surface area contributed by atoms with Gasteiger partial charge in [-0.25, -0.2) is 0 Å². The molecule has 0 aliphatic rings. The van der Waals surface area contributed by atoms with E-state index >= 15 is 0 Å². The first-order valence-electron chi connectivity index (χ1n) is 6.35. The normalized spacial score (nSPS) is 10.9. The van der Waals surface area contributed by atoms with E-state index in [1.54, 1.807) is 0 Å². The number of aryl methyl sites for hydroxylation is 1. The fraction of sp³-hybridized carbons (Fsp3) is 0.188. The van der Waals surface area contributed by atoms with E-state index in [9.17, 15) is 0 Å². The van der Waals surface area contributed by atoms with Crippen LogP contribution in [0.4, 0.5) is 0 Å². The van der Waals surface area contributed by atoms with Crippen molar-refractivity contribution in [2.75, 3.05) is 0 Å². The molecule has 0 radical (unpaired) electrons. The Morgan fingerprint density at radius 2 is 1.83 bits per heavy atom. The van der Waals surface area contributed by atoms with E-state index in [4.69, 9.17) is 0 Å². The Hall–Kier alpha value is -2.09. The molecule has 1 aromatic heterocycles. The second kappa shape index (κ2) is 4.65. The Kier molecular flexibility index (Phi) is 2.85. The van der Waals surface area contributed by atoms with Crippen LogP contribution in [0.1, 0.15) is 18.1 Å². The van der Waals surface area contributed by atoms with Crippen LogP contribution in [0.2, 0.25) is 0 Å². The van der Waals surface area contributed by atoms with Gasteiger partial charge in [-0.15, -0.1) is 0 Å². The Morgan fingerprint density at radius 1 is 1.00 bits per heavy atom.